The summed E-state index contributed by atoms with van der Waals surface area (Å²) in [4.78, 5) is 0. The molecule has 2 aliphatic rings. The van der Waals surface area contributed by atoms with Crippen LogP contribution in [0.1, 0.15) is 37.7 Å². The van der Waals surface area contributed by atoms with E-state index in [9.17, 15) is 8.78 Å². The molecule has 0 radical (unpaired) electrons. The standard InChI is InChI=1S/C13H15F2N/c14-10-4-9(5-11(15)6-10)13(16)7-12(8-13)2-1-3-12/h4-6H,1-3,7-8,16H2. The quantitative estimate of drug-likeness (QED) is 0.778. The Kier molecular flexibility index (Phi) is 1.94. The Morgan fingerprint density at radius 1 is 1.00 bits per heavy atom. The van der Waals surface area contributed by atoms with Gasteiger partial charge in [0.15, 0.2) is 0 Å². The molecule has 16 heavy (non-hydrogen) atoms. The molecular formula is C13H15F2N. The molecule has 0 heterocycles. The highest BCUT2D eigenvalue weighted by Gasteiger charge is 2.55. The largest absolute Gasteiger partial charge is 0.321 e. The molecule has 1 aromatic rings. The summed E-state index contributed by atoms with van der Waals surface area (Å²) in [5.74, 6) is -1.07. The molecule has 2 saturated carbocycles. The Hall–Kier alpha value is -0.960. The van der Waals surface area contributed by atoms with Gasteiger partial charge in [-0.3, -0.25) is 0 Å². The van der Waals surface area contributed by atoms with Crippen LogP contribution in [0.4, 0.5) is 8.78 Å². The molecule has 3 rings (SSSR count). The first-order valence-electron chi connectivity index (χ1n) is 5.77. The van der Waals surface area contributed by atoms with E-state index in [0.717, 1.165) is 18.9 Å². The van der Waals surface area contributed by atoms with Crippen molar-refractivity contribution in [3.8, 4) is 0 Å². The minimum atomic E-state index is -0.533. The first-order chi connectivity index (χ1) is 7.51. The summed E-state index contributed by atoms with van der Waals surface area (Å²) in [6.07, 6.45) is 5.48. The number of halogens is 2. The lowest BCUT2D eigenvalue weighted by Gasteiger charge is -2.60. The third-order valence-electron chi connectivity index (χ3n) is 4.23. The zero-order chi connectivity index (χ0) is 11.4. The summed E-state index contributed by atoms with van der Waals surface area (Å²) in [7, 11) is 0. The van der Waals surface area contributed by atoms with Crippen LogP contribution >= 0.6 is 0 Å². The summed E-state index contributed by atoms with van der Waals surface area (Å²) in [5.41, 5.74) is 6.73. The second kappa shape index (κ2) is 3.04. The summed E-state index contributed by atoms with van der Waals surface area (Å²) in [5, 5.41) is 0. The fourth-order valence-electron chi connectivity index (χ4n) is 3.36. The highest BCUT2D eigenvalue weighted by atomic mass is 19.1. The number of rotatable bonds is 1. The molecule has 3 heteroatoms. The molecule has 2 fully saturated rings. The van der Waals surface area contributed by atoms with Crippen LogP contribution in [-0.4, -0.2) is 0 Å². The maximum absolute atomic E-state index is 13.1. The van der Waals surface area contributed by atoms with Crippen LogP contribution in [0.2, 0.25) is 0 Å². The van der Waals surface area contributed by atoms with Gasteiger partial charge < -0.3 is 5.73 Å². The van der Waals surface area contributed by atoms with Crippen LogP contribution in [0.5, 0.6) is 0 Å². The third-order valence-corrected chi connectivity index (χ3v) is 4.23. The van der Waals surface area contributed by atoms with Gasteiger partial charge in [0.05, 0.1) is 0 Å². The van der Waals surface area contributed by atoms with Crippen molar-refractivity contribution in [3.05, 3.63) is 35.4 Å². The van der Waals surface area contributed by atoms with Crippen molar-refractivity contribution in [3.63, 3.8) is 0 Å². The monoisotopic (exact) mass is 223 g/mol. The molecule has 0 aromatic heterocycles. The minimum Gasteiger partial charge on any atom is -0.321 e. The lowest BCUT2D eigenvalue weighted by Crippen LogP contribution is -2.58. The molecule has 86 valence electrons. The Labute approximate surface area is 93.6 Å². The molecule has 2 aliphatic carbocycles. The third kappa shape index (κ3) is 1.38. The van der Waals surface area contributed by atoms with Gasteiger partial charge in [0.2, 0.25) is 0 Å². The highest BCUT2D eigenvalue weighted by Crippen LogP contribution is 2.62. The van der Waals surface area contributed by atoms with Crippen molar-refractivity contribution in [1.29, 1.82) is 0 Å². The van der Waals surface area contributed by atoms with Gasteiger partial charge >= 0.3 is 0 Å². The number of benzene rings is 1. The van der Waals surface area contributed by atoms with Gasteiger partial charge in [-0.25, -0.2) is 8.78 Å². The van der Waals surface area contributed by atoms with Gasteiger partial charge in [-0.05, 0) is 48.8 Å². The van der Waals surface area contributed by atoms with E-state index < -0.39 is 17.2 Å². The lowest BCUT2D eigenvalue weighted by atomic mass is 9.47. The second-order valence-electron chi connectivity index (χ2n) is 5.52. The maximum Gasteiger partial charge on any atom is 0.126 e. The van der Waals surface area contributed by atoms with Gasteiger partial charge in [0.1, 0.15) is 11.6 Å². The maximum atomic E-state index is 13.1. The van der Waals surface area contributed by atoms with Gasteiger partial charge in [0, 0.05) is 11.6 Å². The number of hydrogen-bond donors (Lipinski definition) is 1. The summed E-state index contributed by atoms with van der Waals surface area (Å²) in [6.45, 7) is 0. The predicted octanol–water partition coefficient (Wildman–Crippen LogP) is 3.08. The van der Waals surface area contributed by atoms with E-state index in [1.807, 2.05) is 0 Å². The molecule has 0 unspecified atom stereocenters. The van der Waals surface area contributed by atoms with Crippen LogP contribution in [0, 0.1) is 17.0 Å². The first kappa shape index (κ1) is 10.2. The molecular weight excluding hydrogens is 208 g/mol. The molecule has 0 saturated heterocycles. The fourth-order valence-corrected chi connectivity index (χ4v) is 3.36. The van der Waals surface area contributed by atoms with Gasteiger partial charge in [-0.15, -0.1) is 0 Å². The Morgan fingerprint density at radius 3 is 2.00 bits per heavy atom. The van der Waals surface area contributed by atoms with Crippen molar-refractivity contribution < 1.29 is 8.78 Å². The van der Waals surface area contributed by atoms with Crippen LogP contribution in [0.3, 0.4) is 0 Å². The zero-order valence-electron chi connectivity index (χ0n) is 9.10. The molecule has 1 spiro atoms. The van der Waals surface area contributed by atoms with E-state index >= 15 is 0 Å². The van der Waals surface area contributed by atoms with Crippen LogP contribution in [-0.2, 0) is 5.54 Å². The molecule has 0 amide bonds. The Morgan fingerprint density at radius 2 is 1.56 bits per heavy atom. The average Bonchev–Trinajstić information content (AvgIpc) is 2.08. The Bertz CT molecular complexity index is 409. The average molecular weight is 223 g/mol. The van der Waals surface area contributed by atoms with Crippen molar-refractivity contribution in [2.75, 3.05) is 0 Å². The summed E-state index contributed by atoms with van der Waals surface area (Å²) >= 11 is 0. The van der Waals surface area contributed by atoms with E-state index in [1.165, 1.54) is 31.4 Å². The van der Waals surface area contributed by atoms with E-state index in [1.54, 1.807) is 0 Å². The first-order valence-corrected chi connectivity index (χ1v) is 5.77. The van der Waals surface area contributed by atoms with Gasteiger partial charge in [-0.1, -0.05) is 6.42 Å². The van der Waals surface area contributed by atoms with E-state index in [0.29, 0.717) is 11.0 Å². The Balaban J connectivity index is 1.87. The minimum absolute atomic E-state index is 0.400. The van der Waals surface area contributed by atoms with Crippen molar-refractivity contribution in [2.24, 2.45) is 11.1 Å². The fraction of sp³-hybridized carbons (Fsp3) is 0.538. The molecule has 1 aromatic carbocycles. The molecule has 0 atom stereocenters. The number of nitrogens with two attached hydrogens (primary N) is 1. The van der Waals surface area contributed by atoms with Gasteiger partial charge in [0.25, 0.3) is 0 Å². The molecule has 1 nitrogen and oxygen atoms in total. The van der Waals surface area contributed by atoms with Crippen LogP contribution in [0.25, 0.3) is 0 Å². The predicted molar refractivity (Wildman–Crippen MR) is 57.7 cm³/mol. The van der Waals surface area contributed by atoms with Crippen LogP contribution < -0.4 is 5.73 Å². The highest BCUT2D eigenvalue weighted by molar-refractivity contribution is 5.31. The van der Waals surface area contributed by atoms with Gasteiger partial charge in [-0.2, -0.15) is 0 Å². The smallest absolute Gasteiger partial charge is 0.126 e. The zero-order valence-corrected chi connectivity index (χ0v) is 9.10. The topological polar surface area (TPSA) is 26.0 Å². The van der Waals surface area contributed by atoms with Crippen molar-refractivity contribution >= 4 is 0 Å². The van der Waals surface area contributed by atoms with Crippen molar-refractivity contribution in [1.82, 2.24) is 0 Å². The summed E-state index contributed by atoms with van der Waals surface area (Å²) in [6, 6.07) is 3.63. The second-order valence-corrected chi connectivity index (χ2v) is 5.52. The molecule has 0 bridgehead atoms. The molecule has 2 N–H and O–H groups in total. The van der Waals surface area contributed by atoms with Crippen LogP contribution in [0.15, 0.2) is 18.2 Å². The lowest BCUT2D eigenvalue weighted by molar-refractivity contribution is -0.0464. The van der Waals surface area contributed by atoms with E-state index in [-0.39, 0.29) is 0 Å². The van der Waals surface area contributed by atoms with Crippen molar-refractivity contribution in [2.45, 2.75) is 37.6 Å². The normalized spacial score (nSPS) is 24.9. The molecule has 0 aliphatic heterocycles. The summed E-state index contributed by atoms with van der Waals surface area (Å²) < 4.78 is 26.2. The van der Waals surface area contributed by atoms with E-state index in [4.69, 9.17) is 5.73 Å². The number of hydrogen-bond acceptors (Lipinski definition) is 1. The SMILES string of the molecule is NC1(c2cc(F)cc(F)c2)CC2(CCC2)C1. The van der Waals surface area contributed by atoms with E-state index in [2.05, 4.69) is 0 Å².